The standard InChI is InChI=1S/C12H19N3O2/c1-4-10(16)8-14-12(17)9-5-6-11(13-7-9)15(2)3/h5-7,10,16H,4,8H2,1-3H3,(H,14,17). The summed E-state index contributed by atoms with van der Waals surface area (Å²) in [7, 11) is 3.78. The number of nitrogens with zero attached hydrogens (tertiary/aromatic N) is 2. The van der Waals surface area contributed by atoms with Gasteiger partial charge in [-0.15, -0.1) is 0 Å². The summed E-state index contributed by atoms with van der Waals surface area (Å²) >= 11 is 0. The first-order valence-corrected chi connectivity index (χ1v) is 5.64. The fourth-order valence-electron chi connectivity index (χ4n) is 1.24. The van der Waals surface area contributed by atoms with E-state index in [0.717, 1.165) is 5.82 Å². The number of hydrogen-bond donors (Lipinski definition) is 2. The Morgan fingerprint density at radius 3 is 2.71 bits per heavy atom. The summed E-state index contributed by atoms with van der Waals surface area (Å²) in [5, 5.41) is 12.0. The number of carbonyl (C=O) groups is 1. The molecule has 1 aromatic rings. The third-order valence-electron chi connectivity index (χ3n) is 2.44. The summed E-state index contributed by atoms with van der Waals surface area (Å²) in [6.07, 6.45) is 1.66. The second-order valence-electron chi connectivity index (χ2n) is 4.07. The summed E-state index contributed by atoms with van der Waals surface area (Å²) in [5.74, 6) is 0.588. The molecule has 0 aliphatic rings. The summed E-state index contributed by atoms with van der Waals surface area (Å²) in [4.78, 5) is 17.7. The summed E-state index contributed by atoms with van der Waals surface area (Å²) in [6, 6.07) is 3.50. The van der Waals surface area contributed by atoms with Crippen LogP contribution in [0.2, 0.25) is 0 Å². The molecule has 1 aromatic heterocycles. The van der Waals surface area contributed by atoms with E-state index in [1.165, 1.54) is 6.20 Å². The van der Waals surface area contributed by atoms with Crippen LogP contribution < -0.4 is 10.2 Å². The molecule has 1 heterocycles. The minimum atomic E-state index is -0.493. The largest absolute Gasteiger partial charge is 0.391 e. The second kappa shape index (κ2) is 6.20. The van der Waals surface area contributed by atoms with E-state index in [-0.39, 0.29) is 12.5 Å². The molecule has 0 aliphatic heterocycles. The van der Waals surface area contributed by atoms with Crippen molar-refractivity contribution in [1.29, 1.82) is 0 Å². The number of nitrogens with one attached hydrogen (secondary N) is 1. The van der Waals surface area contributed by atoms with Crippen molar-refractivity contribution in [3.8, 4) is 0 Å². The van der Waals surface area contributed by atoms with Gasteiger partial charge in [0.15, 0.2) is 0 Å². The maximum atomic E-state index is 11.7. The third kappa shape index (κ3) is 4.03. The van der Waals surface area contributed by atoms with Gasteiger partial charge in [0.05, 0.1) is 11.7 Å². The molecule has 0 aromatic carbocycles. The van der Waals surface area contributed by atoms with Crippen LogP contribution in [0.3, 0.4) is 0 Å². The van der Waals surface area contributed by atoms with Gasteiger partial charge in [-0.25, -0.2) is 4.98 Å². The van der Waals surface area contributed by atoms with Crippen LogP contribution in [0.4, 0.5) is 5.82 Å². The van der Waals surface area contributed by atoms with E-state index < -0.39 is 6.10 Å². The predicted octanol–water partition coefficient (Wildman–Crippen LogP) is 0.648. The van der Waals surface area contributed by atoms with Crippen molar-refractivity contribution in [2.75, 3.05) is 25.5 Å². The quantitative estimate of drug-likeness (QED) is 0.789. The molecular weight excluding hydrogens is 218 g/mol. The van der Waals surface area contributed by atoms with Gasteiger partial charge in [-0.3, -0.25) is 4.79 Å². The zero-order chi connectivity index (χ0) is 12.8. The van der Waals surface area contributed by atoms with Crippen LogP contribution in [-0.2, 0) is 0 Å². The number of aliphatic hydroxyl groups excluding tert-OH is 1. The lowest BCUT2D eigenvalue weighted by Crippen LogP contribution is -2.31. The summed E-state index contributed by atoms with van der Waals surface area (Å²) in [6.45, 7) is 2.13. The average Bonchev–Trinajstić information content (AvgIpc) is 2.35. The highest BCUT2D eigenvalue weighted by molar-refractivity contribution is 5.94. The molecular formula is C12H19N3O2. The topological polar surface area (TPSA) is 65.5 Å². The van der Waals surface area contributed by atoms with E-state index in [1.54, 1.807) is 12.1 Å². The van der Waals surface area contributed by atoms with E-state index >= 15 is 0 Å². The van der Waals surface area contributed by atoms with Crippen molar-refractivity contribution in [1.82, 2.24) is 10.3 Å². The fraction of sp³-hybridized carbons (Fsp3) is 0.500. The average molecular weight is 237 g/mol. The van der Waals surface area contributed by atoms with Crippen molar-refractivity contribution in [2.45, 2.75) is 19.4 Å². The van der Waals surface area contributed by atoms with Gasteiger partial charge in [-0.1, -0.05) is 6.92 Å². The molecule has 0 saturated heterocycles. The SMILES string of the molecule is CCC(O)CNC(=O)c1ccc(N(C)C)nc1. The molecule has 5 nitrogen and oxygen atoms in total. The molecule has 1 atom stereocenters. The Hall–Kier alpha value is -1.62. The van der Waals surface area contributed by atoms with Crippen LogP contribution in [0, 0.1) is 0 Å². The molecule has 5 heteroatoms. The number of amides is 1. The van der Waals surface area contributed by atoms with Crippen LogP contribution in [-0.4, -0.2) is 42.7 Å². The molecule has 0 saturated carbocycles. The van der Waals surface area contributed by atoms with Crippen molar-refractivity contribution < 1.29 is 9.90 Å². The maximum Gasteiger partial charge on any atom is 0.252 e. The molecule has 1 rings (SSSR count). The number of aliphatic hydroxyl groups is 1. The maximum absolute atomic E-state index is 11.7. The lowest BCUT2D eigenvalue weighted by molar-refractivity contribution is 0.0913. The van der Waals surface area contributed by atoms with Crippen molar-refractivity contribution >= 4 is 11.7 Å². The molecule has 0 bridgehead atoms. The lowest BCUT2D eigenvalue weighted by atomic mass is 10.2. The number of anilines is 1. The molecule has 94 valence electrons. The van der Waals surface area contributed by atoms with Gasteiger partial charge >= 0.3 is 0 Å². The second-order valence-corrected chi connectivity index (χ2v) is 4.07. The monoisotopic (exact) mass is 237 g/mol. The van der Waals surface area contributed by atoms with Crippen LogP contribution >= 0.6 is 0 Å². The summed E-state index contributed by atoms with van der Waals surface area (Å²) in [5.41, 5.74) is 0.499. The van der Waals surface area contributed by atoms with Gasteiger partial charge in [-0.05, 0) is 18.6 Å². The van der Waals surface area contributed by atoms with Crippen molar-refractivity contribution in [3.05, 3.63) is 23.9 Å². The van der Waals surface area contributed by atoms with E-state index in [2.05, 4.69) is 10.3 Å². The molecule has 0 fully saturated rings. The predicted molar refractivity (Wildman–Crippen MR) is 67.2 cm³/mol. The number of hydrogen-bond acceptors (Lipinski definition) is 4. The zero-order valence-corrected chi connectivity index (χ0v) is 10.5. The van der Waals surface area contributed by atoms with Crippen LogP contribution in [0.15, 0.2) is 18.3 Å². The van der Waals surface area contributed by atoms with Crippen LogP contribution in [0.1, 0.15) is 23.7 Å². The Bertz CT molecular complexity index is 363. The van der Waals surface area contributed by atoms with Crippen LogP contribution in [0.25, 0.3) is 0 Å². The van der Waals surface area contributed by atoms with E-state index in [1.807, 2.05) is 25.9 Å². The Labute approximate surface area is 101 Å². The molecule has 17 heavy (non-hydrogen) atoms. The van der Waals surface area contributed by atoms with E-state index in [9.17, 15) is 9.90 Å². The number of pyridine rings is 1. The minimum Gasteiger partial charge on any atom is -0.391 e. The first-order chi connectivity index (χ1) is 8.04. The number of aromatic nitrogens is 1. The highest BCUT2D eigenvalue weighted by Gasteiger charge is 2.08. The van der Waals surface area contributed by atoms with Crippen molar-refractivity contribution in [2.24, 2.45) is 0 Å². The molecule has 0 radical (unpaired) electrons. The van der Waals surface area contributed by atoms with Crippen LogP contribution in [0.5, 0.6) is 0 Å². The van der Waals surface area contributed by atoms with Gasteiger partial charge in [-0.2, -0.15) is 0 Å². The van der Waals surface area contributed by atoms with Gasteiger partial charge in [0.2, 0.25) is 0 Å². The highest BCUT2D eigenvalue weighted by atomic mass is 16.3. The lowest BCUT2D eigenvalue weighted by Gasteiger charge is -2.12. The number of rotatable bonds is 5. The summed E-state index contributed by atoms with van der Waals surface area (Å²) < 4.78 is 0. The molecule has 1 amide bonds. The molecule has 0 aliphatic carbocycles. The Balaban J connectivity index is 2.58. The Kier molecular flexibility index (Phi) is 4.90. The first kappa shape index (κ1) is 13.4. The minimum absolute atomic E-state index is 0.213. The normalized spacial score (nSPS) is 12.0. The number of carbonyl (C=O) groups excluding carboxylic acids is 1. The van der Waals surface area contributed by atoms with Gasteiger partial charge < -0.3 is 15.3 Å². The third-order valence-corrected chi connectivity index (χ3v) is 2.44. The first-order valence-electron chi connectivity index (χ1n) is 5.64. The van der Waals surface area contributed by atoms with Gasteiger partial charge in [0.1, 0.15) is 5.82 Å². The zero-order valence-electron chi connectivity index (χ0n) is 10.5. The van der Waals surface area contributed by atoms with Gasteiger partial charge in [0.25, 0.3) is 5.91 Å². The van der Waals surface area contributed by atoms with E-state index in [0.29, 0.717) is 12.0 Å². The molecule has 2 N–H and O–H groups in total. The van der Waals surface area contributed by atoms with Gasteiger partial charge in [0, 0.05) is 26.8 Å². The molecule has 0 spiro atoms. The fourth-order valence-corrected chi connectivity index (χ4v) is 1.24. The highest BCUT2D eigenvalue weighted by Crippen LogP contribution is 2.07. The smallest absolute Gasteiger partial charge is 0.252 e. The molecule has 1 unspecified atom stereocenters. The van der Waals surface area contributed by atoms with E-state index in [4.69, 9.17) is 0 Å². The Morgan fingerprint density at radius 1 is 1.53 bits per heavy atom. The van der Waals surface area contributed by atoms with Crippen molar-refractivity contribution in [3.63, 3.8) is 0 Å². The Morgan fingerprint density at radius 2 is 2.24 bits per heavy atom.